The van der Waals surface area contributed by atoms with Gasteiger partial charge in [-0.15, -0.1) is 0 Å². The third kappa shape index (κ3) is 0.589. The van der Waals surface area contributed by atoms with Crippen LogP contribution in [0.25, 0.3) is 10.9 Å². The van der Waals surface area contributed by atoms with Crippen LogP contribution < -0.4 is 0 Å². The Balaban J connectivity index is 2.93. The number of nitrogens with zero attached hydrogens (tertiary/aromatic N) is 1. The third-order valence-corrected chi connectivity index (χ3v) is 1.56. The van der Waals surface area contributed by atoms with Gasteiger partial charge in [0, 0.05) is 5.52 Å². The van der Waals surface area contributed by atoms with Crippen molar-refractivity contribution in [3.8, 4) is 0 Å². The van der Waals surface area contributed by atoms with Gasteiger partial charge >= 0.3 is 0 Å². The predicted molar refractivity (Wildman–Crippen MR) is 40.7 cm³/mol. The maximum atomic E-state index is 10.9. The molecular weight excluding hydrogens is 126 g/mol. The number of rotatable bonds is 0. The summed E-state index contributed by atoms with van der Waals surface area (Å²) in [7, 11) is 0. The van der Waals surface area contributed by atoms with E-state index in [1.807, 2.05) is 30.3 Å². The van der Waals surface area contributed by atoms with Gasteiger partial charge in [0.1, 0.15) is 0 Å². The zero-order chi connectivity index (χ0) is 6.97. The van der Waals surface area contributed by atoms with Crippen LogP contribution in [0, 0.1) is 5.21 Å². The van der Waals surface area contributed by atoms with Gasteiger partial charge < -0.3 is 9.94 Å². The van der Waals surface area contributed by atoms with E-state index < -0.39 is 0 Å². The van der Waals surface area contributed by atoms with Crippen LogP contribution in [0.1, 0.15) is 0 Å². The molecule has 0 saturated heterocycles. The molecule has 2 heteroatoms. The standard InChI is InChI=1S/C8H6NO/c10-9-6-5-7-3-1-2-4-8(7)9/h1-6H/q-1. The highest BCUT2D eigenvalue weighted by molar-refractivity contribution is 5.80. The summed E-state index contributed by atoms with van der Waals surface area (Å²) in [6.45, 7) is 0. The highest BCUT2D eigenvalue weighted by atomic mass is 16.5. The SMILES string of the molecule is [O-]n1ccc2ccccc21. The predicted octanol–water partition coefficient (Wildman–Crippen LogP) is 1.99. The Morgan fingerprint density at radius 3 is 2.70 bits per heavy atom. The van der Waals surface area contributed by atoms with Gasteiger partial charge in [0.05, 0.1) is 0 Å². The molecule has 0 N–H and O–H groups in total. The highest BCUT2D eigenvalue weighted by Gasteiger charge is 1.89. The summed E-state index contributed by atoms with van der Waals surface area (Å²) in [4.78, 5) is 0. The Bertz CT molecular complexity index is 351. The zero-order valence-corrected chi connectivity index (χ0v) is 5.32. The van der Waals surface area contributed by atoms with E-state index in [1.165, 1.54) is 6.20 Å². The molecule has 1 aromatic heterocycles. The van der Waals surface area contributed by atoms with Gasteiger partial charge in [-0.3, -0.25) is 0 Å². The zero-order valence-electron chi connectivity index (χ0n) is 5.32. The van der Waals surface area contributed by atoms with Gasteiger partial charge in [-0.05, 0) is 23.7 Å². The average molecular weight is 132 g/mol. The molecule has 0 spiro atoms. The van der Waals surface area contributed by atoms with Crippen LogP contribution in [0.4, 0.5) is 0 Å². The number of aromatic nitrogens is 1. The molecule has 1 heterocycles. The van der Waals surface area contributed by atoms with Crippen molar-refractivity contribution in [2.24, 2.45) is 0 Å². The van der Waals surface area contributed by atoms with Crippen molar-refractivity contribution in [2.45, 2.75) is 0 Å². The van der Waals surface area contributed by atoms with Crippen molar-refractivity contribution in [1.29, 1.82) is 0 Å². The Morgan fingerprint density at radius 2 is 1.90 bits per heavy atom. The van der Waals surface area contributed by atoms with Crippen molar-refractivity contribution in [3.05, 3.63) is 41.7 Å². The van der Waals surface area contributed by atoms with E-state index in [4.69, 9.17) is 0 Å². The minimum absolute atomic E-state index is 0.738. The Labute approximate surface area is 58.3 Å². The summed E-state index contributed by atoms with van der Waals surface area (Å²) < 4.78 is 0.870. The van der Waals surface area contributed by atoms with Crippen LogP contribution in [0.3, 0.4) is 0 Å². The van der Waals surface area contributed by atoms with E-state index >= 15 is 0 Å². The fourth-order valence-corrected chi connectivity index (χ4v) is 1.06. The molecule has 0 fully saturated rings. The molecule has 0 aliphatic heterocycles. The molecule has 50 valence electrons. The van der Waals surface area contributed by atoms with Crippen LogP contribution >= 0.6 is 0 Å². The number of hydrogen-bond acceptors (Lipinski definition) is 1. The summed E-state index contributed by atoms with van der Waals surface area (Å²) >= 11 is 0. The second-order valence-corrected chi connectivity index (χ2v) is 2.20. The maximum Gasteiger partial charge on any atom is 0.0433 e. The number of benzene rings is 1. The average Bonchev–Trinajstić information content (AvgIpc) is 2.34. The lowest BCUT2D eigenvalue weighted by Crippen LogP contribution is -1.78. The lowest BCUT2D eigenvalue weighted by atomic mass is 10.3. The van der Waals surface area contributed by atoms with Crippen molar-refractivity contribution in [1.82, 2.24) is 4.73 Å². The first-order valence-corrected chi connectivity index (χ1v) is 3.11. The largest absolute Gasteiger partial charge is 0.806 e. The van der Waals surface area contributed by atoms with Gasteiger partial charge in [0.25, 0.3) is 0 Å². The number of hydrogen-bond donors (Lipinski definition) is 0. The molecule has 0 atom stereocenters. The maximum absolute atomic E-state index is 10.9. The summed E-state index contributed by atoms with van der Waals surface area (Å²) in [5.74, 6) is 0. The summed E-state index contributed by atoms with van der Waals surface area (Å²) in [5, 5.41) is 11.9. The minimum atomic E-state index is 0.738. The first-order chi connectivity index (χ1) is 4.88. The third-order valence-electron chi connectivity index (χ3n) is 1.56. The molecule has 0 bridgehead atoms. The van der Waals surface area contributed by atoms with E-state index in [2.05, 4.69) is 0 Å². The van der Waals surface area contributed by atoms with Crippen molar-refractivity contribution < 1.29 is 0 Å². The van der Waals surface area contributed by atoms with Gasteiger partial charge in [-0.2, -0.15) is 0 Å². The van der Waals surface area contributed by atoms with Gasteiger partial charge in [0.2, 0.25) is 0 Å². The lowest BCUT2D eigenvalue weighted by molar-refractivity contribution is 1.16. The second kappa shape index (κ2) is 1.77. The fourth-order valence-electron chi connectivity index (χ4n) is 1.06. The first kappa shape index (κ1) is 5.35. The van der Waals surface area contributed by atoms with Crippen LogP contribution in [-0.4, -0.2) is 4.73 Å². The van der Waals surface area contributed by atoms with E-state index in [9.17, 15) is 5.21 Å². The van der Waals surface area contributed by atoms with E-state index in [0.29, 0.717) is 0 Å². The minimum Gasteiger partial charge on any atom is -0.806 e. The van der Waals surface area contributed by atoms with Crippen molar-refractivity contribution >= 4 is 10.9 Å². The molecule has 2 nitrogen and oxygen atoms in total. The summed E-state index contributed by atoms with van der Waals surface area (Å²) in [6, 6.07) is 9.31. The Hall–Kier alpha value is -1.44. The Kier molecular flexibility index (Phi) is 0.947. The topological polar surface area (TPSA) is 28.0 Å². The van der Waals surface area contributed by atoms with Gasteiger partial charge in [0.15, 0.2) is 0 Å². The second-order valence-electron chi connectivity index (χ2n) is 2.20. The normalized spacial score (nSPS) is 10.4. The number of para-hydroxylation sites is 1. The molecule has 2 aromatic rings. The summed E-state index contributed by atoms with van der Waals surface area (Å²) in [5.41, 5.74) is 0.738. The molecule has 0 aliphatic rings. The first-order valence-electron chi connectivity index (χ1n) is 3.11. The van der Waals surface area contributed by atoms with E-state index in [1.54, 1.807) is 0 Å². The molecule has 1 aromatic carbocycles. The molecule has 0 unspecified atom stereocenters. The van der Waals surface area contributed by atoms with E-state index in [-0.39, 0.29) is 0 Å². The smallest absolute Gasteiger partial charge is 0.0433 e. The molecule has 0 aliphatic carbocycles. The summed E-state index contributed by atoms with van der Waals surface area (Å²) in [6.07, 6.45) is 1.52. The van der Waals surface area contributed by atoms with E-state index in [0.717, 1.165) is 15.6 Å². The lowest BCUT2D eigenvalue weighted by Gasteiger charge is -2.05. The molecule has 2 rings (SSSR count). The van der Waals surface area contributed by atoms with Crippen molar-refractivity contribution in [2.75, 3.05) is 0 Å². The monoisotopic (exact) mass is 132 g/mol. The molecule has 0 amide bonds. The fraction of sp³-hybridized carbons (Fsp3) is 0. The number of fused-ring (bicyclic) bond motifs is 1. The molecule has 10 heavy (non-hydrogen) atoms. The quantitative estimate of drug-likeness (QED) is 0.538. The van der Waals surface area contributed by atoms with Crippen LogP contribution in [0.2, 0.25) is 0 Å². The van der Waals surface area contributed by atoms with Gasteiger partial charge in [-0.1, -0.05) is 18.2 Å². The highest BCUT2D eigenvalue weighted by Crippen LogP contribution is 2.12. The molecule has 0 radical (unpaired) electrons. The van der Waals surface area contributed by atoms with Crippen LogP contribution in [0.15, 0.2) is 36.5 Å². The van der Waals surface area contributed by atoms with Crippen LogP contribution in [0.5, 0.6) is 0 Å². The molecular formula is C8H6NO-. The van der Waals surface area contributed by atoms with Crippen molar-refractivity contribution in [3.63, 3.8) is 0 Å². The Morgan fingerprint density at radius 1 is 1.10 bits per heavy atom. The van der Waals surface area contributed by atoms with Gasteiger partial charge in [-0.25, -0.2) is 0 Å². The van der Waals surface area contributed by atoms with Crippen LogP contribution in [-0.2, 0) is 0 Å². The molecule has 0 saturated carbocycles.